The van der Waals surface area contributed by atoms with E-state index in [1.54, 1.807) is 0 Å². The van der Waals surface area contributed by atoms with Crippen molar-refractivity contribution in [3.05, 3.63) is 12.2 Å². The highest BCUT2D eigenvalue weighted by molar-refractivity contribution is 8.00. The molecule has 0 amide bonds. The van der Waals surface area contributed by atoms with Gasteiger partial charge in [-0.1, -0.05) is 19.1 Å². The Labute approximate surface area is 73.7 Å². The third-order valence-electron chi connectivity index (χ3n) is 2.30. The van der Waals surface area contributed by atoms with Gasteiger partial charge in [0.15, 0.2) is 0 Å². The van der Waals surface area contributed by atoms with Crippen LogP contribution in [0.25, 0.3) is 0 Å². The van der Waals surface area contributed by atoms with Crippen LogP contribution in [0.5, 0.6) is 0 Å². The summed E-state index contributed by atoms with van der Waals surface area (Å²) in [5.74, 6) is 1.78. The van der Waals surface area contributed by atoms with Gasteiger partial charge in [-0.15, -0.1) is 0 Å². The highest BCUT2D eigenvalue weighted by atomic mass is 32.2. The highest BCUT2D eigenvalue weighted by Gasteiger charge is 2.30. The molecule has 1 saturated heterocycles. The zero-order chi connectivity index (χ0) is 8.43. The molecule has 0 aromatic heterocycles. The van der Waals surface area contributed by atoms with Crippen molar-refractivity contribution in [1.29, 1.82) is 0 Å². The third kappa shape index (κ3) is 1.82. The van der Waals surface area contributed by atoms with Gasteiger partial charge in [-0.05, 0) is 12.3 Å². The molecule has 0 aromatic rings. The quantitative estimate of drug-likeness (QED) is 0.484. The standard InChI is InChI=1S/C8H15BOS/c1-3-6-4-11-7(5(6)2)8(9)10/h6-8,10H,2-4,9H2,1H3/t6-,7?,8+/m0/s1. The zero-order valence-electron chi connectivity index (χ0n) is 7.21. The molecule has 0 bridgehead atoms. The second kappa shape index (κ2) is 3.68. The van der Waals surface area contributed by atoms with Crippen molar-refractivity contribution in [2.24, 2.45) is 5.92 Å². The van der Waals surface area contributed by atoms with Crippen molar-refractivity contribution in [1.82, 2.24) is 0 Å². The lowest BCUT2D eigenvalue weighted by Gasteiger charge is -2.15. The minimum atomic E-state index is -0.232. The summed E-state index contributed by atoms with van der Waals surface area (Å²) >= 11 is 1.84. The summed E-state index contributed by atoms with van der Waals surface area (Å²) in [6.45, 7) is 6.21. The predicted octanol–water partition coefficient (Wildman–Crippen LogP) is 0.636. The Balaban J connectivity index is 2.56. The molecular weight excluding hydrogens is 155 g/mol. The summed E-state index contributed by atoms with van der Waals surface area (Å²) in [5.41, 5.74) is 1.24. The lowest BCUT2D eigenvalue weighted by molar-refractivity contribution is 0.260. The molecule has 1 unspecified atom stereocenters. The first-order chi connectivity index (χ1) is 5.16. The minimum Gasteiger partial charge on any atom is -0.401 e. The molecule has 0 spiro atoms. The van der Waals surface area contributed by atoms with Gasteiger partial charge in [-0.3, -0.25) is 0 Å². The van der Waals surface area contributed by atoms with Gasteiger partial charge < -0.3 is 5.11 Å². The molecule has 3 atom stereocenters. The lowest BCUT2D eigenvalue weighted by atomic mass is 9.87. The van der Waals surface area contributed by atoms with E-state index >= 15 is 0 Å². The van der Waals surface area contributed by atoms with Crippen LogP contribution in [0.15, 0.2) is 12.2 Å². The van der Waals surface area contributed by atoms with Gasteiger partial charge in [0.1, 0.15) is 7.85 Å². The van der Waals surface area contributed by atoms with E-state index in [-0.39, 0.29) is 6.00 Å². The minimum absolute atomic E-state index is 0.232. The Morgan fingerprint density at radius 3 is 2.82 bits per heavy atom. The molecule has 1 nitrogen and oxygen atoms in total. The lowest BCUT2D eigenvalue weighted by Crippen LogP contribution is -2.22. The topological polar surface area (TPSA) is 20.2 Å². The molecule has 1 aliphatic rings. The molecule has 0 saturated carbocycles. The molecule has 1 rings (SSSR count). The Hall–Kier alpha value is 0.115. The van der Waals surface area contributed by atoms with E-state index in [0.717, 1.165) is 12.2 Å². The molecule has 0 aliphatic carbocycles. The van der Waals surface area contributed by atoms with E-state index in [1.807, 2.05) is 19.6 Å². The molecule has 1 N–H and O–H groups in total. The van der Waals surface area contributed by atoms with Crippen molar-refractivity contribution in [3.8, 4) is 0 Å². The van der Waals surface area contributed by atoms with E-state index in [0.29, 0.717) is 11.2 Å². The Bertz CT molecular complexity index is 158. The van der Waals surface area contributed by atoms with Gasteiger partial charge >= 0.3 is 0 Å². The van der Waals surface area contributed by atoms with Crippen molar-refractivity contribution in [2.45, 2.75) is 24.6 Å². The fraction of sp³-hybridized carbons (Fsp3) is 0.750. The van der Waals surface area contributed by atoms with Crippen molar-refractivity contribution >= 4 is 19.6 Å². The maximum Gasteiger partial charge on any atom is 0.140 e. The zero-order valence-corrected chi connectivity index (χ0v) is 8.03. The summed E-state index contributed by atoms with van der Waals surface area (Å²) < 4.78 is 0. The van der Waals surface area contributed by atoms with Gasteiger partial charge in [-0.2, -0.15) is 11.8 Å². The van der Waals surface area contributed by atoms with Gasteiger partial charge in [0, 0.05) is 17.0 Å². The van der Waals surface area contributed by atoms with E-state index in [1.165, 1.54) is 5.57 Å². The van der Waals surface area contributed by atoms with Crippen LogP contribution in [-0.2, 0) is 0 Å². The van der Waals surface area contributed by atoms with Crippen molar-refractivity contribution < 1.29 is 5.11 Å². The van der Waals surface area contributed by atoms with E-state index in [9.17, 15) is 5.11 Å². The van der Waals surface area contributed by atoms with Crippen LogP contribution < -0.4 is 0 Å². The predicted molar refractivity (Wildman–Crippen MR) is 53.7 cm³/mol. The van der Waals surface area contributed by atoms with E-state index in [4.69, 9.17) is 0 Å². The molecular formula is C8H15BOS. The second-order valence-corrected chi connectivity index (χ2v) is 4.35. The maximum absolute atomic E-state index is 9.35. The molecule has 62 valence electrons. The van der Waals surface area contributed by atoms with Crippen LogP contribution in [0.1, 0.15) is 13.3 Å². The first kappa shape index (κ1) is 9.20. The van der Waals surface area contributed by atoms with Gasteiger partial charge in [0.05, 0.1) is 0 Å². The van der Waals surface area contributed by atoms with Crippen molar-refractivity contribution in [2.75, 3.05) is 5.75 Å². The van der Waals surface area contributed by atoms with Crippen molar-refractivity contribution in [3.63, 3.8) is 0 Å². The molecule has 11 heavy (non-hydrogen) atoms. The average Bonchev–Trinajstić information content (AvgIpc) is 2.30. The normalized spacial score (nSPS) is 34.2. The van der Waals surface area contributed by atoms with Crippen LogP contribution in [-0.4, -0.2) is 30.0 Å². The number of aliphatic hydroxyl groups is 1. The Morgan fingerprint density at radius 2 is 2.55 bits per heavy atom. The Kier molecular flexibility index (Phi) is 3.08. The van der Waals surface area contributed by atoms with Crippen LogP contribution in [0, 0.1) is 5.92 Å². The van der Waals surface area contributed by atoms with Crippen LogP contribution in [0.2, 0.25) is 0 Å². The molecule has 1 fully saturated rings. The number of thioether (sulfide) groups is 1. The maximum atomic E-state index is 9.35. The summed E-state index contributed by atoms with van der Waals surface area (Å²) in [4.78, 5) is 0. The Morgan fingerprint density at radius 1 is 1.91 bits per heavy atom. The smallest absolute Gasteiger partial charge is 0.140 e. The molecule has 0 radical (unpaired) electrons. The summed E-state index contributed by atoms with van der Waals surface area (Å²) in [6, 6.07) is -0.232. The SMILES string of the molecule is B[C@H](O)C1SC[C@H](CC)C1=C. The first-order valence-electron chi connectivity index (χ1n) is 4.15. The van der Waals surface area contributed by atoms with E-state index in [2.05, 4.69) is 13.5 Å². The second-order valence-electron chi connectivity index (χ2n) is 3.17. The third-order valence-corrected chi connectivity index (χ3v) is 3.95. The fourth-order valence-electron chi connectivity index (χ4n) is 1.50. The summed E-state index contributed by atoms with van der Waals surface area (Å²) in [6.07, 6.45) is 1.16. The number of hydrogen-bond acceptors (Lipinski definition) is 2. The molecule has 1 heterocycles. The van der Waals surface area contributed by atoms with Crippen LogP contribution >= 0.6 is 11.8 Å². The van der Waals surface area contributed by atoms with E-state index < -0.39 is 0 Å². The number of aliphatic hydroxyl groups excluding tert-OH is 1. The number of hydrogen-bond donors (Lipinski definition) is 1. The largest absolute Gasteiger partial charge is 0.401 e. The van der Waals surface area contributed by atoms with Gasteiger partial charge in [-0.25, -0.2) is 0 Å². The monoisotopic (exact) mass is 170 g/mol. The molecule has 3 heteroatoms. The average molecular weight is 170 g/mol. The first-order valence-corrected chi connectivity index (χ1v) is 5.20. The van der Waals surface area contributed by atoms with Crippen LogP contribution in [0.4, 0.5) is 0 Å². The van der Waals surface area contributed by atoms with Gasteiger partial charge in [0.25, 0.3) is 0 Å². The summed E-state index contributed by atoms with van der Waals surface area (Å²) in [5, 5.41) is 9.65. The number of rotatable bonds is 2. The fourth-order valence-corrected chi connectivity index (χ4v) is 3.07. The highest BCUT2D eigenvalue weighted by Crippen LogP contribution is 2.38. The summed E-state index contributed by atoms with van der Waals surface area (Å²) in [7, 11) is 1.85. The van der Waals surface area contributed by atoms with Gasteiger partial charge in [0.2, 0.25) is 0 Å². The molecule has 1 aliphatic heterocycles. The van der Waals surface area contributed by atoms with Crippen LogP contribution in [0.3, 0.4) is 0 Å². The molecule has 0 aromatic carbocycles.